The number of halogens is 3. The van der Waals surface area contributed by atoms with Crippen LogP contribution in [0.25, 0.3) is 0 Å². The highest BCUT2D eigenvalue weighted by atomic mass is 32.2. The molecule has 0 spiro atoms. The van der Waals surface area contributed by atoms with Gasteiger partial charge in [0.15, 0.2) is 5.69 Å². The Kier molecular flexibility index (Phi) is 5.72. The number of rotatable bonds is 2. The van der Waals surface area contributed by atoms with Crippen LogP contribution in [0.3, 0.4) is 0 Å². The number of likely N-dealkylation sites (tertiary alicyclic amines) is 1. The molecule has 176 valence electrons. The minimum atomic E-state index is -4.71. The Morgan fingerprint density at radius 3 is 2.21 bits per heavy atom. The van der Waals surface area contributed by atoms with E-state index in [9.17, 15) is 22.8 Å². The molecular formula is C23H20F3N5O2S. The van der Waals surface area contributed by atoms with E-state index in [1.54, 1.807) is 21.6 Å². The number of piperidine rings is 1. The second-order valence-electron chi connectivity index (χ2n) is 8.04. The van der Waals surface area contributed by atoms with Crippen molar-refractivity contribution in [1.82, 2.24) is 14.9 Å². The maximum absolute atomic E-state index is 13.6. The quantitative estimate of drug-likeness (QED) is 0.527. The number of aromatic amines is 1. The summed E-state index contributed by atoms with van der Waals surface area (Å²) in [6.07, 6.45) is -3.71. The molecule has 0 saturated carbocycles. The molecule has 3 heterocycles. The van der Waals surface area contributed by atoms with Gasteiger partial charge < -0.3 is 10.2 Å². The van der Waals surface area contributed by atoms with Gasteiger partial charge in [0.2, 0.25) is 5.95 Å². The topological polar surface area (TPSA) is 81.3 Å². The van der Waals surface area contributed by atoms with Gasteiger partial charge in [-0.25, -0.2) is 9.78 Å². The summed E-state index contributed by atoms with van der Waals surface area (Å²) in [6, 6.07) is 15.5. The first-order valence-corrected chi connectivity index (χ1v) is 11.5. The minimum Gasteiger partial charge on any atom is -0.353 e. The molecule has 0 radical (unpaired) electrons. The molecule has 11 heteroatoms. The lowest BCUT2D eigenvalue weighted by Gasteiger charge is -2.38. The molecule has 0 unspecified atom stereocenters. The zero-order valence-corrected chi connectivity index (χ0v) is 18.6. The summed E-state index contributed by atoms with van der Waals surface area (Å²) in [5, 5.41) is 2.88. The molecular weight excluding hydrogens is 467 g/mol. The smallest absolute Gasteiger partial charge is 0.353 e. The van der Waals surface area contributed by atoms with Crippen molar-refractivity contribution in [1.29, 1.82) is 0 Å². The predicted molar refractivity (Wildman–Crippen MR) is 123 cm³/mol. The Labute approximate surface area is 197 Å². The molecule has 2 aliphatic rings. The van der Waals surface area contributed by atoms with Crippen LogP contribution in [-0.2, 0) is 6.18 Å². The number of fused-ring (bicyclic) bond motifs is 2. The number of hydrogen-bond acceptors (Lipinski definition) is 5. The normalized spacial score (nSPS) is 16.1. The van der Waals surface area contributed by atoms with E-state index in [0.717, 1.165) is 21.2 Å². The Morgan fingerprint density at radius 1 is 1.03 bits per heavy atom. The molecule has 1 fully saturated rings. The lowest BCUT2D eigenvalue weighted by atomic mass is 10.1. The van der Waals surface area contributed by atoms with E-state index in [1.165, 1.54) is 0 Å². The largest absolute Gasteiger partial charge is 0.433 e. The van der Waals surface area contributed by atoms with E-state index in [2.05, 4.69) is 15.3 Å². The van der Waals surface area contributed by atoms with Gasteiger partial charge >= 0.3 is 12.2 Å². The number of alkyl halides is 3. The van der Waals surface area contributed by atoms with Gasteiger partial charge in [-0.15, -0.1) is 0 Å². The average Bonchev–Trinajstić information content (AvgIpc) is 2.81. The summed E-state index contributed by atoms with van der Waals surface area (Å²) in [5.41, 5.74) is -0.478. The van der Waals surface area contributed by atoms with E-state index in [-0.39, 0.29) is 18.0 Å². The molecule has 5 rings (SSSR count). The third kappa shape index (κ3) is 4.35. The Bertz CT molecular complexity index is 1240. The first kappa shape index (κ1) is 22.3. The predicted octanol–water partition coefficient (Wildman–Crippen LogP) is 5.09. The van der Waals surface area contributed by atoms with E-state index >= 15 is 0 Å². The summed E-state index contributed by atoms with van der Waals surface area (Å²) in [5.74, 6) is -0.222. The number of amides is 2. The van der Waals surface area contributed by atoms with Crippen LogP contribution >= 0.6 is 11.8 Å². The summed E-state index contributed by atoms with van der Waals surface area (Å²) >= 11 is 1.62. The molecule has 3 aromatic rings. The molecule has 0 aliphatic carbocycles. The molecule has 1 aromatic heterocycles. The minimum absolute atomic E-state index is 0.149. The maximum Gasteiger partial charge on any atom is 0.433 e. The number of urea groups is 1. The lowest BCUT2D eigenvalue weighted by Crippen LogP contribution is -2.48. The van der Waals surface area contributed by atoms with Gasteiger partial charge in [-0.3, -0.25) is 14.7 Å². The number of H-pyrrole nitrogens is 1. The Balaban J connectivity index is 1.31. The number of anilines is 3. The number of aromatic nitrogens is 2. The van der Waals surface area contributed by atoms with Crippen LogP contribution in [0.1, 0.15) is 18.5 Å². The van der Waals surface area contributed by atoms with Gasteiger partial charge in [-0.1, -0.05) is 36.0 Å². The van der Waals surface area contributed by atoms with Crippen molar-refractivity contribution in [3.8, 4) is 0 Å². The fraction of sp³-hybridized carbons (Fsp3) is 0.261. The van der Waals surface area contributed by atoms with Crippen molar-refractivity contribution < 1.29 is 18.0 Å². The SMILES string of the molecule is O=C(N1CCC(Nc2nc(C(F)(F)F)cc(=O)[nH]2)CC1)N1c2ccccc2Sc2ccccc21. The van der Waals surface area contributed by atoms with Crippen LogP contribution in [0.2, 0.25) is 0 Å². The fourth-order valence-corrected chi connectivity index (χ4v) is 5.19. The van der Waals surface area contributed by atoms with Gasteiger partial charge in [0.1, 0.15) is 0 Å². The molecule has 34 heavy (non-hydrogen) atoms. The van der Waals surface area contributed by atoms with Gasteiger partial charge in [0, 0.05) is 35.0 Å². The van der Waals surface area contributed by atoms with Gasteiger partial charge in [0.25, 0.3) is 5.56 Å². The second kappa shape index (κ2) is 8.71. The van der Waals surface area contributed by atoms with Gasteiger partial charge in [0.05, 0.1) is 11.4 Å². The van der Waals surface area contributed by atoms with Crippen LogP contribution in [-0.4, -0.2) is 40.0 Å². The number of carbonyl (C=O) groups excluding carboxylic acids is 1. The molecule has 7 nitrogen and oxygen atoms in total. The lowest BCUT2D eigenvalue weighted by molar-refractivity contribution is -0.141. The standard InChI is InChI=1S/C23H20F3N5O2S/c24-23(25,26)19-13-20(32)29-21(28-19)27-14-9-11-30(12-10-14)22(33)31-15-5-1-3-7-17(15)34-18-8-4-2-6-16(18)31/h1-8,13-14H,9-12H2,(H2,27,28,29,32). The number of hydrogen-bond donors (Lipinski definition) is 2. The monoisotopic (exact) mass is 487 g/mol. The van der Waals surface area contributed by atoms with Crippen LogP contribution < -0.4 is 15.8 Å². The van der Waals surface area contributed by atoms with Crippen LogP contribution in [0.15, 0.2) is 69.2 Å². The van der Waals surface area contributed by atoms with Gasteiger partial charge in [-0.05, 0) is 37.1 Å². The fourth-order valence-electron chi connectivity index (χ4n) is 4.13. The third-order valence-corrected chi connectivity index (χ3v) is 6.89. The van der Waals surface area contributed by atoms with Crippen molar-refractivity contribution in [2.45, 2.75) is 34.9 Å². The second-order valence-corrected chi connectivity index (χ2v) is 9.12. The first-order valence-electron chi connectivity index (χ1n) is 10.7. The zero-order chi connectivity index (χ0) is 23.9. The van der Waals surface area contributed by atoms with E-state index in [4.69, 9.17) is 0 Å². The highest BCUT2D eigenvalue weighted by molar-refractivity contribution is 7.99. The van der Waals surface area contributed by atoms with E-state index in [1.807, 2.05) is 48.5 Å². The number of nitrogens with zero attached hydrogens (tertiary/aromatic N) is 3. The number of para-hydroxylation sites is 2. The van der Waals surface area contributed by atoms with Crippen LogP contribution in [0.4, 0.5) is 35.3 Å². The van der Waals surface area contributed by atoms with Crippen molar-refractivity contribution in [2.24, 2.45) is 0 Å². The van der Waals surface area contributed by atoms with E-state index < -0.39 is 17.4 Å². The summed E-state index contributed by atoms with van der Waals surface area (Å²) in [7, 11) is 0. The molecule has 2 aliphatic heterocycles. The molecule has 0 bridgehead atoms. The maximum atomic E-state index is 13.6. The number of carbonyl (C=O) groups is 1. The van der Waals surface area contributed by atoms with Crippen molar-refractivity contribution in [2.75, 3.05) is 23.3 Å². The highest BCUT2D eigenvalue weighted by Gasteiger charge is 2.35. The molecule has 2 N–H and O–H groups in total. The third-order valence-electron chi connectivity index (χ3n) is 5.76. The summed E-state index contributed by atoms with van der Waals surface area (Å²) in [4.78, 5) is 36.4. The summed E-state index contributed by atoms with van der Waals surface area (Å²) in [6.45, 7) is 0.821. The Hall–Kier alpha value is -3.47. The number of benzene rings is 2. The van der Waals surface area contributed by atoms with Gasteiger partial charge in [-0.2, -0.15) is 13.2 Å². The average molecular weight is 488 g/mol. The Morgan fingerprint density at radius 2 is 1.62 bits per heavy atom. The van der Waals surface area contributed by atoms with Crippen molar-refractivity contribution in [3.63, 3.8) is 0 Å². The number of nitrogens with one attached hydrogen (secondary N) is 2. The van der Waals surface area contributed by atoms with E-state index in [0.29, 0.717) is 32.0 Å². The zero-order valence-electron chi connectivity index (χ0n) is 17.8. The van der Waals surface area contributed by atoms with Crippen LogP contribution in [0, 0.1) is 0 Å². The highest BCUT2D eigenvalue weighted by Crippen LogP contribution is 2.48. The molecule has 0 atom stereocenters. The summed E-state index contributed by atoms with van der Waals surface area (Å²) < 4.78 is 38.9. The molecule has 2 amide bonds. The molecule has 2 aromatic carbocycles. The first-order chi connectivity index (χ1) is 16.3. The van der Waals surface area contributed by atoms with Crippen molar-refractivity contribution in [3.05, 3.63) is 70.6 Å². The molecule has 1 saturated heterocycles. The van der Waals surface area contributed by atoms with Crippen LogP contribution in [0.5, 0.6) is 0 Å². The van der Waals surface area contributed by atoms with Crippen molar-refractivity contribution >= 4 is 35.1 Å².